The first-order chi connectivity index (χ1) is 41.0. The summed E-state index contributed by atoms with van der Waals surface area (Å²) in [6.45, 7) is 6.82. The summed E-state index contributed by atoms with van der Waals surface area (Å²) < 4.78 is 47.6. The van der Waals surface area contributed by atoms with E-state index in [9.17, 15) is 43.0 Å². The number of carbonyl (C=O) groups excluding carboxylic acids is 5. The van der Waals surface area contributed by atoms with E-state index in [1.165, 1.54) is 12.8 Å². The number of likely N-dealkylation sites (tertiary alicyclic amines) is 1. The fraction of sp³-hybridized carbons (Fsp3) is 0.698. The van der Waals surface area contributed by atoms with E-state index in [1.807, 2.05) is 36.4 Å². The fourth-order valence-corrected chi connectivity index (χ4v) is 15.7. The zero-order valence-electron chi connectivity index (χ0n) is 49.5. The minimum Gasteiger partial charge on any atom is -0.504 e. The Labute approximate surface area is 497 Å². The number of fused-ring (bicyclic) bond motifs is 2. The summed E-state index contributed by atoms with van der Waals surface area (Å²) in [4.78, 5) is 69.6. The quantitative estimate of drug-likeness (QED) is 0.0463. The van der Waals surface area contributed by atoms with Crippen LogP contribution in [0.4, 0.5) is 8.78 Å². The van der Waals surface area contributed by atoms with Crippen LogP contribution < -0.4 is 31.3 Å². The van der Waals surface area contributed by atoms with Gasteiger partial charge < -0.3 is 55.6 Å². The number of hydrogen-bond donors (Lipinski definition) is 7. The van der Waals surface area contributed by atoms with E-state index in [4.69, 9.17) is 14.2 Å². The van der Waals surface area contributed by atoms with Gasteiger partial charge in [-0.05, 0) is 132 Å². The molecule has 5 amide bonds. The largest absolute Gasteiger partial charge is 0.504 e. The second-order valence-electron chi connectivity index (χ2n) is 26.0. The third-order valence-corrected chi connectivity index (χ3v) is 20.0. The Balaban J connectivity index is 0.539. The Kier molecular flexibility index (Phi) is 18.8. The highest BCUT2D eigenvalue weighted by Crippen LogP contribution is 2.65. The van der Waals surface area contributed by atoms with Crippen LogP contribution in [0.1, 0.15) is 169 Å². The van der Waals surface area contributed by atoms with Crippen LogP contribution in [0.15, 0.2) is 42.5 Å². The number of alkyl halides is 2. The van der Waals surface area contributed by atoms with Crippen LogP contribution in [-0.2, 0) is 51.7 Å². The van der Waals surface area contributed by atoms with E-state index in [0.717, 1.165) is 86.5 Å². The van der Waals surface area contributed by atoms with Gasteiger partial charge in [0.15, 0.2) is 11.5 Å². The Bertz CT molecular complexity index is 2850. The van der Waals surface area contributed by atoms with Gasteiger partial charge in [-0.25, -0.2) is 8.78 Å². The van der Waals surface area contributed by atoms with Crippen LogP contribution in [0.2, 0.25) is 0 Å². The Morgan fingerprint density at radius 2 is 1.42 bits per heavy atom. The van der Waals surface area contributed by atoms with Crippen molar-refractivity contribution in [3.63, 3.8) is 0 Å². The van der Waals surface area contributed by atoms with Crippen LogP contribution in [0.25, 0.3) is 0 Å². The topological polar surface area (TPSA) is 251 Å². The summed E-state index contributed by atoms with van der Waals surface area (Å²) in [7, 11) is 0. The molecule has 1 unspecified atom stereocenters. The van der Waals surface area contributed by atoms with Crippen molar-refractivity contribution in [2.24, 2.45) is 11.8 Å². The standard InChI is InChI=1S/C63H88F2N10O10/c1-39(2)59-72-71-51(75(59)46-32-44-14-15-45(33-46)74(44)29-21-47(41-9-5-3-6-10-41)70-60(81)42-17-22-61(64,65)23-18-42)20-28-68-54(79)37-83-35-52(77)66-26-7-4-8-27-67-53(78)36-84-38-55(80)69-48-19-24-63(82)50-31-43-13-16-49(76)57-56(43)62(63,58(48)85-57)25-30-73(50)34-40-11-12-40/h3,5-6,9-10,13,16,39-40,42,44-48,50,58,76,82H,4,7-8,11-12,14-15,17-38H2,1-2H3,(H,66,77)(H,67,78)(H,68,79)(H,69,80)(H,70,81)/t44-,45+,46?,47-,48+,50+,58-,62-,63+/m0/s1. The minimum absolute atomic E-state index is 0.0484. The number of aromatic nitrogens is 3. The molecule has 8 aliphatic rings. The van der Waals surface area contributed by atoms with E-state index in [0.29, 0.717) is 88.3 Å². The molecule has 11 rings (SSSR count). The predicted octanol–water partition coefficient (Wildman–Crippen LogP) is 5.19. The summed E-state index contributed by atoms with van der Waals surface area (Å²) >= 11 is 0. The van der Waals surface area contributed by atoms with Crippen LogP contribution in [0.5, 0.6) is 11.5 Å². The lowest BCUT2D eigenvalue weighted by atomic mass is 9.48. The maximum Gasteiger partial charge on any atom is 0.248 e. The highest BCUT2D eigenvalue weighted by Gasteiger charge is 2.73. The molecule has 2 aromatic carbocycles. The lowest BCUT2D eigenvalue weighted by molar-refractivity contribution is -0.192. The van der Waals surface area contributed by atoms with Gasteiger partial charge in [0.05, 0.1) is 23.1 Å². The van der Waals surface area contributed by atoms with E-state index in [2.05, 4.69) is 65.0 Å². The molecule has 4 aliphatic heterocycles. The first-order valence-corrected chi connectivity index (χ1v) is 31.7. The summed E-state index contributed by atoms with van der Waals surface area (Å²) in [5.74, 6) is -1.59. The molecule has 464 valence electrons. The lowest BCUT2D eigenvalue weighted by Gasteiger charge is -2.64. The zero-order chi connectivity index (χ0) is 59.5. The number of nitrogens with one attached hydrogen (secondary N) is 5. The molecule has 9 atom stereocenters. The number of benzene rings is 2. The van der Waals surface area contributed by atoms with Gasteiger partial charge in [-0.1, -0.05) is 50.2 Å². The second kappa shape index (κ2) is 26.3. The van der Waals surface area contributed by atoms with Crippen molar-refractivity contribution in [3.8, 4) is 11.5 Å². The molecule has 1 spiro atoms. The van der Waals surface area contributed by atoms with Gasteiger partial charge in [0.2, 0.25) is 35.5 Å². The van der Waals surface area contributed by atoms with Crippen LogP contribution in [-0.4, -0.2) is 172 Å². The zero-order valence-corrected chi connectivity index (χ0v) is 49.5. The number of phenolic OH excluding ortho intramolecular Hbond substituents is 1. The maximum atomic E-state index is 13.9. The molecular formula is C63H88F2N10O10. The number of rotatable bonds is 28. The number of phenols is 1. The number of hydrogen-bond acceptors (Lipinski definition) is 14. The minimum atomic E-state index is -2.69. The number of amides is 5. The molecule has 4 bridgehead atoms. The SMILES string of the molecule is CC(C)c1nnc(CCNC(=O)COCC(=O)NCCCCCNC(=O)COCC(=O)N[C@@H]2CC[C@@]3(O)[C@H]4Cc5ccc(O)c6c5[C@@]3(CCN4CC3CC3)[C@H]2O6)n1C1C[C@H]2CC[C@@H](C1)N2CC[C@H](NC(=O)C1CCC(F)(F)CC1)c1ccccc1. The number of nitrogens with zero attached hydrogens (tertiary/aromatic N) is 5. The fourth-order valence-electron chi connectivity index (χ4n) is 15.7. The van der Waals surface area contributed by atoms with Crippen molar-refractivity contribution < 1.29 is 57.2 Å². The van der Waals surface area contributed by atoms with E-state index in [1.54, 1.807) is 6.07 Å². The second-order valence-corrected chi connectivity index (χ2v) is 26.0. The van der Waals surface area contributed by atoms with E-state index >= 15 is 0 Å². The summed E-state index contributed by atoms with van der Waals surface area (Å²) in [6.07, 6.45) is 11.5. The molecule has 7 N–H and O–H groups in total. The molecule has 4 aliphatic carbocycles. The van der Waals surface area contributed by atoms with Crippen molar-refractivity contribution in [2.75, 3.05) is 65.7 Å². The summed E-state index contributed by atoms with van der Waals surface area (Å²) in [6, 6.07) is 13.8. The van der Waals surface area contributed by atoms with Gasteiger partial charge >= 0.3 is 0 Å². The monoisotopic (exact) mass is 1180 g/mol. The van der Waals surface area contributed by atoms with Gasteiger partial charge in [-0.3, -0.25) is 33.8 Å². The average Bonchev–Trinajstić information content (AvgIpc) is 1.61. The average molecular weight is 1180 g/mol. The molecule has 6 fully saturated rings. The lowest BCUT2D eigenvalue weighted by Crippen LogP contribution is -2.78. The van der Waals surface area contributed by atoms with Crippen LogP contribution in [0, 0.1) is 11.8 Å². The molecule has 0 radical (unpaired) electrons. The van der Waals surface area contributed by atoms with E-state index < -0.39 is 35.0 Å². The van der Waals surface area contributed by atoms with Crippen molar-refractivity contribution in [1.82, 2.24) is 51.1 Å². The number of aliphatic hydroxyl groups is 1. The van der Waals surface area contributed by atoms with Crippen molar-refractivity contribution in [3.05, 3.63) is 70.8 Å². The molecule has 85 heavy (non-hydrogen) atoms. The third kappa shape index (κ3) is 13.4. The van der Waals surface area contributed by atoms with Crippen LogP contribution >= 0.6 is 0 Å². The Hall–Kier alpha value is -5.81. The normalized spacial score (nSPS) is 27.8. The predicted molar refractivity (Wildman–Crippen MR) is 310 cm³/mol. The first kappa shape index (κ1) is 60.9. The number of halogens is 2. The van der Waals surface area contributed by atoms with Gasteiger partial charge in [-0.2, -0.15) is 0 Å². The Morgan fingerprint density at radius 3 is 2.08 bits per heavy atom. The number of carbonyl (C=O) groups is 5. The van der Waals surface area contributed by atoms with Gasteiger partial charge in [0, 0.05) is 93.6 Å². The first-order valence-electron chi connectivity index (χ1n) is 31.7. The van der Waals surface area contributed by atoms with Crippen LogP contribution in [0.3, 0.4) is 0 Å². The highest BCUT2D eigenvalue weighted by molar-refractivity contribution is 5.81. The number of ether oxygens (including phenoxy) is 3. The van der Waals surface area contributed by atoms with E-state index in [-0.39, 0.29) is 111 Å². The molecule has 5 heterocycles. The van der Waals surface area contributed by atoms with Gasteiger partial charge in [-0.15, -0.1) is 10.2 Å². The molecule has 22 heteroatoms. The Morgan fingerprint density at radius 1 is 0.765 bits per heavy atom. The number of unbranched alkanes of at least 4 members (excludes halogenated alkanes) is 2. The highest BCUT2D eigenvalue weighted by atomic mass is 19.3. The molecule has 3 aromatic rings. The van der Waals surface area contributed by atoms with Gasteiger partial charge in [0.25, 0.3) is 0 Å². The smallest absolute Gasteiger partial charge is 0.248 e. The maximum absolute atomic E-state index is 13.9. The molecule has 20 nitrogen and oxygen atoms in total. The van der Waals surface area contributed by atoms with Crippen molar-refractivity contribution in [2.45, 2.75) is 201 Å². The number of piperidine rings is 2. The van der Waals surface area contributed by atoms with Crippen molar-refractivity contribution in [1.29, 1.82) is 0 Å². The summed E-state index contributed by atoms with van der Waals surface area (Å²) in [5.41, 5.74) is 1.21. The number of aromatic hydroxyl groups is 1. The van der Waals surface area contributed by atoms with Gasteiger partial charge in [0.1, 0.15) is 44.2 Å². The van der Waals surface area contributed by atoms with Crippen molar-refractivity contribution >= 4 is 29.5 Å². The molecule has 3 saturated carbocycles. The molecular weight excluding hydrogens is 1090 g/mol. The third-order valence-electron chi connectivity index (χ3n) is 20.0. The molecule has 3 saturated heterocycles. The molecule has 1 aromatic heterocycles. The summed E-state index contributed by atoms with van der Waals surface area (Å²) in [5, 5.41) is 47.7.